The van der Waals surface area contributed by atoms with Crippen LogP contribution in [0.25, 0.3) is 22.3 Å². The first kappa shape index (κ1) is 18.5. The van der Waals surface area contributed by atoms with Crippen molar-refractivity contribution in [2.45, 2.75) is 0 Å². The molecule has 0 saturated heterocycles. The van der Waals surface area contributed by atoms with E-state index < -0.39 is 10.6 Å². The minimum atomic E-state index is -0.656. The number of hydrogen-bond donors (Lipinski definition) is 0. The first-order valence-corrected chi connectivity index (χ1v) is 8.72. The quantitative estimate of drug-likeness (QED) is 0.362. The van der Waals surface area contributed by atoms with Crippen LogP contribution in [0, 0.1) is 32.8 Å². The number of benzene rings is 3. The molecule has 8 heteroatoms. The Hall–Kier alpha value is -4.82. The Morgan fingerprint density at radius 2 is 1.60 bits per heavy atom. The second kappa shape index (κ2) is 7.66. The predicted octanol–water partition coefficient (Wildman–Crippen LogP) is 4.74. The van der Waals surface area contributed by atoms with E-state index in [4.69, 9.17) is 15.3 Å². The van der Waals surface area contributed by atoms with E-state index in [-0.39, 0.29) is 16.9 Å². The zero-order chi connectivity index (χ0) is 21.1. The van der Waals surface area contributed by atoms with E-state index in [0.717, 1.165) is 22.7 Å². The number of aromatic nitrogens is 2. The fraction of sp³-hybridized carbons (Fsp3) is 0. The third-order valence-corrected chi connectivity index (χ3v) is 4.36. The fourth-order valence-electron chi connectivity index (χ4n) is 2.89. The number of hydrogen-bond acceptors (Lipinski definition) is 7. The summed E-state index contributed by atoms with van der Waals surface area (Å²) < 4.78 is 5.64. The maximum Gasteiger partial charge on any atom is 0.312 e. The van der Waals surface area contributed by atoms with Gasteiger partial charge in [0, 0.05) is 17.7 Å². The lowest BCUT2D eigenvalue weighted by atomic mass is 10.1. The summed E-state index contributed by atoms with van der Waals surface area (Å²) in [5, 5.41) is 29.6. The second-order valence-corrected chi connectivity index (χ2v) is 6.22. The van der Waals surface area contributed by atoms with E-state index in [2.05, 4.69) is 9.97 Å². The molecule has 3 aromatic carbocycles. The number of ether oxygens (including phenoxy) is 1. The van der Waals surface area contributed by atoms with Crippen LogP contribution in [-0.4, -0.2) is 14.9 Å². The summed E-state index contributed by atoms with van der Waals surface area (Å²) in [6, 6.07) is 20.2. The Morgan fingerprint density at radius 3 is 2.27 bits per heavy atom. The molecule has 0 radical (unpaired) electrons. The van der Waals surface area contributed by atoms with Crippen LogP contribution in [0.2, 0.25) is 0 Å². The van der Waals surface area contributed by atoms with Crippen LogP contribution in [-0.2, 0) is 0 Å². The molecule has 0 atom stereocenters. The third-order valence-electron chi connectivity index (χ3n) is 4.36. The van der Waals surface area contributed by atoms with Crippen LogP contribution in [0.1, 0.15) is 11.1 Å². The molecule has 0 saturated carbocycles. The first-order valence-electron chi connectivity index (χ1n) is 8.72. The summed E-state index contributed by atoms with van der Waals surface area (Å²) >= 11 is 0. The van der Waals surface area contributed by atoms with Gasteiger partial charge in [-0.15, -0.1) is 0 Å². The average molecular weight is 393 g/mol. The molecule has 0 bridgehead atoms. The zero-order valence-electron chi connectivity index (χ0n) is 15.3. The van der Waals surface area contributed by atoms with Gasteiger partial charge in [-0.3, -0.25) is 15.1 Å². The maximum absolute atomic E-state index is 11.3. The van der Waals surface area contributed by atoms with Gasteiger partial charge in [0.25, 0.3) is 0 Å². The van der Waals surface area contributed by atoms with Crippen LogP contribution >= 0.6 is 0 Å². The molecule has 0 N–H and O–H groups in total. The van der Waals surface area contributed by atoms with Gasteiger partial charge in [0.05, 0.1) is 39.0 Å². The van der Waals surface area contributed by atoms with E-state index in [1.165, 1.54) is 6.07 Å². The van der Waals surface area contributed by atoms with Crippen LogP contribution in [0.4, 0.5) is 5.69 Å². The molecule has 1 heterocycles. The minimum absolute atomic E-state index is 0.00107. The molecule has 0 unspecified atom stereocenters. The number of nitro benzene ring substituents is 1. The summed E-state index contributed by atoms with van der Waals surface area (Å²) in [5.74, 6) is 0.220. The molecular formula is C22H11N5O3. The molecule has 4 rings (SSSR count). The number of nitrogens with zero attached hydrogens (tertiary/aromatic N) is 5. The summed E-state index contributed by atoms with van der Waals surface area (Å²) in [4.78, 5) is 19.7. The smallest absolute Gasteiger partial charge is 0.312 e. The Kier molecular flexibility index (Phi) is 4.73. The van der Waals surface area contributed by atoms with Gasteiger partial charge in [0.1, 0.15) is 17.9 Å². The first-order chi connectivity index (χ1) is 14.6. The fourth-order valence-corrected chi connectivity index (χ4v) is 2.89. The zero-order valence-corrected chi connectivity index (χ0v) is 15.3. The Labute approximate surface area is 170 Å². The molecule has 30 heavy (non-hydrogen) atoms. The van der Waals surface area contributed by atoms with E-state index in [1.807, 2.05) is 30.3 Å². The number of fused-ring (bicyclic) bond motifs is 1. The summed E-state index contributed by atoms with van der Waals surface area (Å²) in [6.07, 6.45) is 1.67. The third kappa shape index (κ3) is 3.49. The van der Waals surface area contributed by atoms with Gasteiger partial charge in [0.15, 0.2) is 0 Å². The number of para-hydroxylation sites is 2. The Bertz CT molecular complexity index is 1370. The lowest BCUT2D eigenvalue weighted by molar-refractivity contribution is -0.385. The molecule has 0 amide bonds. The standard InChI is InChI=1S/C22H11N5O3/c23-11-15-9-21(27(28)29)22(10-16(15)12-24)30-17-7-5-14(6-8-17)20-13-25-18-3-1-2-4-19(18)26-20/h1-10,13H. The molecule has 0 spiro atoms. The van der Waals surface area contributed by atoms with E-state index in [9.17, 15) is 10.1 Å². The van der Waals surface area contributed by atoms with Gasteiger partial charge in [-0.25, -0.2) is 4.98 Å². The highest BCUT2D eigenvalue weighted by molar-refractivity contribution is 5.77. The minimum Gasteiger partial charge on any atom is -0.450 e. The monoisotopic (exact) mass is 393 g/mol. The second-order valence-electron chi connectivity index (χ2n) is 6.22. The topological polar surface area (TPSA) is 126 Å². The number of nitriles is 2. The Morgan fingerprint density at radius 1 is 0.933 bits per heavy atom. The van der Waals surface area contributed by atoms with Gasteiger partial charge < -0.3 is 4.74 Å². The van der Waals surface area contributed by atoms with Crippen molar-refractivity contribution in [2.24, 2.45) is 0 Å². The van der Waals surface area contributed by atoms with Gasteiger partial charge in [-0.05, 0) is 36.4 Å². The van der Waals surface area contributed by atoms with Crippen LogP contribution in [0.5, 0.6) is 11.5 Å². The molecule has 0 fully saturated rings. The van der Waals surface area contributed by atoms with E-state index >= 15 is 0 Å². The molecule has 4 aromatic rings. The maximum atomic E-state index is 11.3. The van der Waals surface area contributed by atoms with E-state index in [0.29, 0.717) is 11.4 Å². The lowest BCUT2D eigenvalue weighted by Gasteiger charge is -2.08. The lowest BCUT2D eigenvalue weighted by Crippen LogP contribution is -1.97. The summed E-state index contributed by atoms with van der Waals surface area (Å²) in [6.45, 7) is 0. The van der Waals surface area contributed by atoms with Crippen LogP contribution < -0.4 is 4.74 Å². The van der Waals surface area contributed by atoms with Gasteiger partial charge >= 0.3 is 5.69 Å². The van der Waals surface area contributed by atoms with Gasteiger partial charge in [0.2, 0.25) is 5.75 Å². The molecule has 142 valence electrons. The largest absolute Gasteiger partial charge is 0.450 e. The van der Waals surface area contributed by atoms with Crippen molar-refractivity contribution in [3.8, 4) is 34.9 Å². The van der Waals surface area contributed by atoms with Gasteiger partial charge in [-0.1, -0.05) is 12.1 Å². The van der Waals surface area contributed by atoms with Crippen molar-refractivity contribution in [1.82, 2.24) is 9.97 Å². The highest BCUT2D eigenvalue weighted by atomic mass is 16.6. The molecule has 1 aromatic heterocycles. The molecule has 0 aliphatic carbocycles. The number of nitro groups is 1. The van der Waals surface area contributed by atoms with Gasteiger partial charge in [-0.2, -0.15) is 10.5 Å². The molecule has 0 aliphatic heterocycles. The summed E-state index contributed by atoms with van der Waals surface area (Å²) in [5.41, 5.74) is 2.57. The highest BCUT2D eigenvalue weighted by Crippen LogP contribution is 2.34. The molecule has 8 nitrogen and oxygen atoms in total. The molecular weight excluding hydrogens is 382 g/mol. The Balaban J connectivity index is 1.66. The predicted molar refractivity (Wildman–Crippen MR) is 108 cm³/mol. The SMILES string of the molecule is N#Cc1cc(Oc2ccc(-c3cnc4ccccc4n3)cc2)c([N+](=O)[O-])cc1C#N. The highest BCUT2D eigenvalue weighted by Gasteiger charge is 2.20. The average Bonchev–Trinajstić information content (AvgIpc) is 2.78. The van der Waals surface area contributed by atoms with Crippen molar-refractivity contribution in [3.05, 3.63) is 88.1 Å². The van der Waals surface area contributed by atoms with E-state index in [1.54, 1.807) is 36.5 Å². The molecule has 0 aliphatic rings. The van der Waals surface area contributed by atoms with Crippen LogP contribution in [0.15, 0.2) is 66.9 Å². The van der Waals surface area contributed by atoms with Crippen molar-refractivity contribution >= 4 is 16.7 Å². The van der Waals surface area contributed by atoms with Crippen molar-refractivity contribution in [3.63, 3.8) is 0 Å². The number of rotatable bonds is 4. The normalized spacial score (nSPS) is 10.2. The van der Waals surface area contributed by atoms with Crippen molar-refractivity contribution < 1.29 is 9.66 Å². The van der Waals surface area contributed by atoms with Crippen molar-refractivity contribution in [2.75, 3.05) is 0 Å². The van der Waals surface area contributed by atoms with Crippen LogP contribution in [0.3, 0.4) is 0 Å². The summed E-state index contributed by atoms with van der Waals surface area (Å²) in [7, 11) is 0. The van der Waals surface area contributed by atoms with Crippen molar-refractivity contribution in [1.29, 1.82) is 10.5 Å².